The van der Waals surface area contributed by atoms with Gasteiger partial charge in [-0.2, -0.15) is 5.10 Å². The van der Waals surface area contributed by atoms with Crippen molar-refractivity contribution in [2.75, 3.05) is 0 Å². The summed E-state index contributed by atoms with van der Waals surface area (Å²) in [6.07, 6.45) is 1.75. The Morgan fingerprint density at radius 1 is 0.778 bits per heavy atom. The SMILES string of the molecule is c1cc2cc3ccccc3c3nnccc3c-2c1. The predicted octanol–water partition coefficient (Wildman–Crippen LogP) is 3.89. The first-order valence-electron chi connectivity index (χ1n) is 5.95. The van der Waals surface area contributed by atoms with Crippen molar-refractivity contribution in [3.63, 3.8) is 0 Å². The number of aromatic nitrogens is 2. The molecule has 2 heteroatoms. The van der Waals surface area contributed by atoms with Gasteiger partial charge in [0, 0.05) is 10.8 Å². The minimum atomic E-state index is 0.967. The van der Waals surface area contributed by atoms with E-state index in [-0.39, 0.29) is 0 Å². The molecule has 0 bridgehead atoms. The number of benzene rings is 1. The lowest BCUT2D eigenvalue weighted by Crippen LogP contribution is -1.81. The third-order valence-electron chi connectivity index (χ3n) is 3.39. The maximum Gasteiger partial charge on any atom is 0.101 e. The number of hydrogen-bond acceptors (Lipinski definition) is 2. The van der Waals surface area contributed by atoms with E-state index in [2.05, 4.69) is 52.7 Å². The molecule has 0 unspecified atom stereocenters. The summed E-state index contributed by atoms with van der Waals surface area (Å²) >= 11 is 0. The van der Waals surface area contributed by atoms with Crippen LogP contribution in [0.25, 0.3) is 32.8 Å². The van der Waals surface area contributed by atoms with Gasteiger partial charge in [-0.1, -0.05) is 42.5 Å². The molecule has 2 aliphatic carbocycles. The van der Waals surface area contributed by atoms with Crippen LogP contribution in [-0.2, 0) is 0 Å². The van der Waals surface area contributed by atoms with Gasteiger partial charge in [0.25, 0.3) is 0 Å². The van der Waals surface area contributed by atoms with Gasteiger partial charge < -0.3 is 0 Å². The van der Waals surface area contributed by atoms with E-state index < -0.39 is 0 Å². The maximum absolute atomic E-state index is 4.33. The quantitative estimate of drug-likeness (QED) is 0.458. The molecule has 18 heavy (non-hydrogen) atoms. The Morgan fingerprint density at radius 3 is 2.72 bits per heavy atom. The van der Waals surface area contributed by atoms with E-state index in [1.165, 1.54) is 16.5 Å². The van der Waals surface area contributed by atoms with Gasteiger partial charge in [0.05, 0.1) is 6.20 Å². The second-order valence-corrected chi connectivity index (χ2v) is 4.42. The lowest BCUT2D eigenvalue weighted by molar-refractivity contribution is 1.08. The zero-order valence-electron chi connectivity index (χ0n) is 9.67. The van der Waals surface area contributed by atoms with Crippen LogP contribution in [0.5, 0.6) is 0 Å². The smallest absolute Gasteiger partial charge is 0.101 e. The first-order valence-corrected chi connectivity index (χ1v) is 5.95. The van der Waals surface area contributed by atoms with E-state index in [9.17, 15) is 0 Å². The van der Waals surface area contributed by atoms with Crippen molar-refractivity contribution in [3.8, 4) is 11.1 Å². The molecule has 2 nitrogen and oxygen atoms in total. The minimum absolute atomic E-state index is 0.967. The minimum Gasteiger partial charge on any atom is -0.158 e. The van der Waals surface area contributed by atoms with Crippen molar-refractivity contribution in [2.24, 2.45) is 0 Å². The average molecular weight is 230 g/mol. The Bertz CT molecular complexity index is 836. The molecule has 0 atom stereocenters. The van der Waals surface area contributed by atoms with E-state index in [0.717, 1.165) is 16.3 Å². The molecule has 0 fully saturated rings. The molecule has 0 spiro atoms. The molecule has 0 saturated heterocycles. The standard InChI is InChI=1S/C16H10N2/c1-2-6-14-12(4-1)10-11-5-3-7-13(11)15-8-9-17-18-16(14)15/h1-10H. The summed E-state index contributed by atoms with van der Waals surface area (Å²) in [5.41, 5.74) is 3.44. The molecule has 84 valence electrons. The highest BCUT2D eigenvalue weighted by Crippen LogP contribution is 2.33. The third-order valence-corrected chi connectivity index (χ3v) is 3.39. The fourth-order valence-electron chi connectivity index (χ4n) is 2.56. The van der Waals surface area contributed by atoms with Crippen LogP contribution in [0.2, 0.25) is 0 Å². The molecule has 0 radical (unpaired) electrons. The van der Waals surface area contributed by atoms with Crippen LogP contribution in [-0.4, -0.2) is 10.2 Å². The molecule has 2 aromatic rings. The molecule has 4 rings (SSSR count). The zero-order valence-corrected chi connectivity index (χ0v) is 9.67. The highest BCUT2D eigenvalue weighted by molar-refractivity contribution is 6.10. The number of rotatable bonds is 0. The van der Waals surface area contributed by atoms with Crippen LogP contribution in [0.4, 0.5) is 0 Å². The van der Waals surface area contributed by atoms with Crippen LogP contribution in [0.3, 0.4) is 0 Å². The van der Waals surface area contributed by atoms with Gasteiger partial charge in [-0.3, -0.25) is 0 Å². The Balaban J connectivity index is 2.40. The number of fused-ring (bicyclic) bond motifs is 5. The summed E-state index contributed by atoms with van der Waals surface area (Å²) in [6.45, 7) is 0. The second-order valence-electron chi connectivity index (χ2n) is 4.42. The number of hydrogen-bond donors (Lipinski definition) is 0. The monoisotopic (exact) mass is 230 g/mol. The van der Waals surface area contributed by atoms with Crippen LogP contribution in [0, 0.1) is 0 Å². The summed E-state index contributed by atoms with van der Waals surface area (Å²) in [4.78, 5) is 0. The molecule has 0 saturated carbocycles. The van der Waals surface area contributed by atoms with Crippen molar-refractivity contribution in [1.82, 2.24) is 10.2 Å². The fourth-order valence-corrected chi connectivity index (χ4v) is 2.56. The molecule has 2 aliphatic rings. The van der Waals surface area contributed by atoms with Crippen molar-refractivity contribution < 1.29 is 0 Å². The lowest BCUT2D eigenvalue weighted by atomic mass is 10.1. The molecule has 1 aromatic carbocycles. The van der Waals surface area contributed by atoms with Crippen LogP contribution in [0.15, 0.2) is 60.8 Å². The molecular weight excluding hydrogens is 220 g/mol. The van der Waals surface area contributed by atoms with E-state index >= 15 is 0 Å². The van der Waals surface area contributed by atoms with Crippen molar-refractivity contribution in [2.45, 2.75) is 0 Å². The predicted molar refractivity (Wildman–Crippen MR) is 73.7 cm³/mol. The van der Waals surface area contributed by atoms with Crippen molar-refractivity contribution in [3.05, 3.63) is 60.8 Å². The molecular formula is C16H10N2. The number of nitrogens with zero attached hydrogens (tertiary/aromatic N) is 2. The largest absolute Gasteiger partial charge is 0.158 e. The van der Waals surface area contributed by atoms with Crippen LogP contribution >= 0.6 is 0 Å². The van der Waals surface area contributed by atoms with Gasteiger partial charge >= 0.3 is 0 Å². The third kappa shape index (κ3) is 1.23. The zero-order chi connectivity index (χ0) is 11.9. The fraction of sp³-hybridized carbons (Fsp3) is 0. The van der Waals surface area contributed by atoms with Gasteiger partial charge in [0.15, 0.2) is 0 Å². The van der Waals surface area contributed by atoms with Gasteiger partial charge in [-0.05, 0) is 28.6 Å². The van der Waals surface area contributed by atoms with Crippen molar-refractivity contribution in [1.29, 1.82) is 0 Å². The van der Waals surface area contributed by atoms with Gasteiger partial charge in [0.2, 0.25) is 0 Å². The lowest BCUT2D eigenvalue weighted by Gasteiger charge is -1.96. The second kappa shape index (κ2) is 3.50. The first-order chi connectivity index (χ1) is 8.93. The average Bonchev–Trinajstić information content (AvgIpc) is 2.83. The summed E-state index contributed by atoms with van der Waals surface area (Å²) in [5.74, 6) is 0. The summed E-state index contributed by atoms with van der Waals surface area (Å²) in [7, 11) is 0. The molecule has 0 aliphatic heterocycles. The van der Waals surface area contributed by atoms with Crippen molar-refractivity contribution >= 4 is 21.7 Å². The Kier molecular flexibility index (Phi) is 1.86. The molecule has 0 amide bonds. The highest BCUT2D eigenvalue weighted by atomic mass is 15.1. The molecule has 0 N–H and O–H groups in total. The summed E-state index contributed by atoms with van der Waals surface area (Å²) in [5, 5.41) is 11.9. The Labute approximate surface area is 104 Å². The Hall–Kier alpha value is -2.48. The van der Waals surface area contributed by atoms with Crippen LogP contribution in [0.1, 0.15) is 0 Å². The van der Waals surface area contributed by atoms with E-state index in [4.69, 9.17) is 0 Å². The molecule has 1 aromatic heterocycles. The summed E-state index contributed by atoms with van der Waals surface area (Å²) < 4.78 is 0. The van der Waals surface area contributed by atoms with E-state index in [1.54, 1.807) is 6.20 Å². The maximum atomic E-state index is 4.33. The van der Waals surface area contributed by atoms with Crippen LogP contribution < -0.4 is 0 Å². The summed E-state index contributed by atoms with van der Waals surface area (Å²) in [6, 6.07) is 18.9. The van der Waals surface area contributed by atoms with Gasteiger partial charge in [0.1, 0.15) is 5.52 Å². The topological polar surface area (TPSA) is 25.8 Å². The highest BCUT2D eigenvalue weighted by Gasteiger charge is 2.09. The van der Waals surface area contributed by atoms with Gasteiger partial charge in [-0.15, -0.1) is 5.10 Å². The first kappa shape index (κ1) is 9.54. The molecule has 1 heterocycles. The Morgan fingerprint density at radius 2 is 1.72 bits per heavy atom. The van der Waals surface area contributed by atoms with E-state index in [0.29, 0.717) is 0 Å². The normalized spacial score (nSPS) is 11.3. The van der Waals surface area contributed by atoms with Gasteiger partial charge in [-0.25, -0.2) is 0 Å². The van der Waals surface area contributed by atoms with E-state index in [1.807, 2.05) is 12.1 Å².